The second kappa shape index (κ2) is 6.26. The number of fused-ring (bicyclic) bond motifs is 1. The number of piperidine rings is 1. The number of amides is 2. The first-order valence-corrected chi connectivity index (χ1v) is 8.22. The normalized spacial score (nSPS) is 21.2. The van der Waals surface area contributed by atoms with Gasteiger partial charge in [-0.3, -0.25) is 9.59 Å². The Morgan fingerprint density at radius 1 is 1.38 bits per heavy atom. The Morgan fingerprint density at radius 2 is 2.12 bits per heavy atom. The summed E-state index contributed by atoms with van der Waals surface area (Å²) < 4.78 is 13.6. The number of nitrogens with one attached hydrogen (secondary N) is 1. The average molecular weight is 331 g/mol. The van der Waals surface area contributed by atoms with Gasteiger partial charge in [-0.2, -0.15) is 0 Å². The van der Waals surface area contributed by atoms with Crippen LogP contribution in [0.5, 0.6) is 0 Å². The fourth-order valence-corrected chi connectivity index (χ4v) is 3.52. The van der Waals surface area contributed by atoms with Crippen LogP contribution in [0.4, 0.5) is 4.39 Å². The molecule has 0 saturated carbocycles. The van der Waals surface area contributed by atoms with Gasteiger partial charge in [-0.05, 0) is 50.5 Å². The van der Waals surface area contributed by atoms with Gasteiger partial charge < -0.3 is 15.6 Å². The van der Waals surface area contributed by atoms with E-state index in [0.717, 1.165) is 35.0 Å². The van der Waals surface area contributed by atoms with Crippen molar-refractivity contribution in [3.63, 3.8) is 0 Å². The molecule has 1 aliphatic heterocycles. The number of primary amides is 1. The smallest absolute Gasteiger partial charge is 0.227 e. The molecule has 6 heteroatoms. The highest BCUT2D eigenvalue weighted by atomic mass is 19.1. The van der Waals surface area contributed by atoms with E-state index in [1.165, 1.54) is 12.1 Å². The van der Waals surface area contributed by atoms with Crippen LogP contribution in [0.25, 0.3) is 10.9 Å². The Kier molecular flexibility index (Phi) is 4.30. The molecule has 1 aromatic heterocycles. The third-order valence-electron chi connectivity index (χ3n) is 5.01. The molecule has 2 amide bonds. The van der Waals surface area contributed by atoms with Gasteiger partial charge in [0.1, 0.15) is 5.82 Å². The molecule has 0 aliphatic carbocycles. The Labute approximate surface area is 140 Å². The first kappa shape index (κ1) is 16.5. The summed E-state index contributed by atoms with van der Waals surface area (Å²) >= 11 is 0. The van der Waals surface area contributed by atoms with Gasteiger partial charge in [-0.1, -0.05) is 0 Å². The van der Waals surface area contributed by atoms with Gasteiger partial charge in [0.05, 0.1) is 12.3 Å². The minimum absolute atomic E-state index is 0.0540. The number of carbonyl (C=O) groups is 2. The maximum atomic E-state index is 13.6. The van der Waals surface area contributed by atoms with E-state index in [4.69, 9.17) is 5.73 Å². The number of halogens is 1. The number of aromatic amines is 1. The molecular weight excluding hydrogens is 309 g/mol. The summed E-state index contributed by atoms with van der Waals surface area (Å²) in [6.45, 7) is 4.23. The van der Waals surface area contributed by atoms with E-state index < -0.39 is 0 Å². The summed E-state index contributed by atoms with van der Waals surface area (Å²) in [6, 6.07) is 4.61. The van der Waals surface area contributed by atoms with Crippen molar-refractivity contribution in [3.05, 3.63) is 35.3 Å². The predicted octanol–water partition coefficient (Wildman–Crippen LogP) is 2.27. The highest BCUT2D eigenvalue weighted by molar-refractivity contribution is 5.90. The van der Waals surface area contributed by atoms with Crippen molar-refractivity contribution in [2.75, 3.05) is 6.54 Å². The monoisotopic (exact) mass is 331 g/mol. The SMILES string of the molecule is Cc1[nH]c2ccc(F)cc2c1CC(=O)N1C[C@@H](C(N)=O)CC[C@H]1C. The summed E-state index contributed by atoms with van der Waals surface area (Å²) in [5, 5.41) is 0.733. The standard InChI is InChI=1S/C18H22FN3O2/c1-10-3-4-12(18(20)24)9-22(10)17(23)8-14-11(2)21-16-6-5-13(19)7-15(14)16/h5-7,10,12,21H,3-4,8-9H2,1-2H3,(H2,20,24)/t10-,12+/m1/s1. The Bertz CT molecular complexity index is 799. The van der Waals surface area contributed by atoms with Gasteiger partial charge in [0.15, 0.2) is 0 Å². The lowest BCUT2D eigenvalue weighted by Gasteiger charge is -2.37. The molecule has 5 nitrogen and oxygen atoms in total. The summed E-state index contributed by atoms with van der Waals surface area (Å²) in [5.41, 5.74) is 7.89. The van der Waals surface area contributed by atoms with Crippen LogP contribution in [-0.2, 0) is 16.0 Å². The molecule has 3 N–H and O–H groups in total. The van der Waals surface area contributed by atoms with Crippen LogP contribution in [0.3, 0.4) is 0 Å². The number of hydrogen-bond donors (Lipinski definition) is 2. The van der Waals surface area contributed by atoms with Gasteiger partial charge >= 0.3 is 0 Å². The average Bonchev–Trinajstić information content (AvgIpc) is 2.83. The van der Waals surface area contributed by atoms with Crippen molar-refractivity contribution in [3.8, 4) is 0 Å². The summed E-state index contributed by atoms with van der Waals surface area (Å²) in [5.74, 6) is -1.02. The number of hydrogen-bond acceptors (Lipinski definition) is 2. The zero-order valence-corrected chi connectivity index (χ0v) is 13.9. The number of nitrogens with zero attached hydrogens (tertiary/aromatic N) is 1. The molecule has 2 atom stereocenters. The zero-order valence-electron chi connectivity index (χ0n) is 13.9. The van der Waals surface area contributed by atoms with Gasteiger partial charge in [0, 0.05) is 29.2 Å². The number of likely N-dealkylation sites (tertiary alicyclic amines) is 1. The van der Waals surface area contributed by atoms with Crippen LogP contribution in [-0.4, -0.2) is 34.3 Å². The van der Waals surface area contributed by atoms with E-state index >= 15 is 0 Å². The Morgan fingerprint density at radius 3 is 2.83 bits per heavy atom. The van der Waals surface area contributed by atoms with Crippen LogP contribution in [0, 0.1) is 18.7 Å². The number of benzene rings is 1. The molecular formula is C18H22FN3O2. The van der Waals surface area contributed by atoms with Crippen molar-refractivity contribution in [1.82, 2.24) is 9.88 Å². The molecule has 128 valence electrons. The van der Waals surface area contributed by atoms with Gasteiger partial charge in [0.2, 0.25) is 11.8 Å². The molecule has 1 fully saturated rings. The largest absolute Gasteiger partial charge is 0.369 e. The minimum atomic E-state index is -0.356. The summed E-state index contributed by atoms with van der Waals surface area (Å²) in [7, 11) is 0. The molecule has 0 spiro atoms. The van der Waals surface area contributed by atoms with Crippen LogP contribution >= 0.6 is 0 Å². The predicted molar refractivity (Wildman–Crippen MR) is 89.8 cm³/mol. The molecule has 2 aromatic rings. The lowest BCUT2D eigenvalue weighted by Crippen LogP contribution is -2.49. The number of aromatic nitrogens is 1. The second-order valence-electron chi connectivity index (χ2n) is 6.67. The second-order valence-corrected chi connectivity index (χ2v) is 6.67. The number of H-pyrrole nitrogens is 1. The maximum Gasteiger partial charge on any atom is 0.227 e. The van der Waals surface area contributed by atoms with E-state index in [0.29, 0.717) is 6.54 Å². The van der Waals surface area contributed by atoms with Crippen LogP contribution < -0.4 is 5.73 Å². The van der Waals surface area contributed by atoms with Crippen LogP contribution in [0.1, 0.15) is 31.0 Å². The summed E-state index contributed by atoms with van der Waals surface area (Å²) in [6.07, 6.45) is 1.67. The van der Waals surface area contributed by atoms with E-state index in [9.17, 15) is 14.0 Å². The lowest BCUT2D eigenvalue weighted by atomic mass is 9.92. The fourth-order valence-electron chi connectivity index (χ4n) is 3.52. The molecule has 2 heterocycles. The highest BCUT2D eigenvalue weighted by Crippen LogP contribution is 2.26. The van der Waals surface area contributed by atoms with E-state index in [2.05, 4.69) is 4.98 Å². The molecule has 0 unspecified atom stereocenters. The van der Waals surface area contributed by atoms with E-state index in [-0.39, 0.29) is 36.0 Å². The number of nitrogens with two attached hydrogens (primary N) is 1. The third-order valence-corrected chi connectivity index (χ3v) is 5.01. The van der Waals surface area contributed by atoms with Crippen LogP contribution in [0.15, 0.2) is 18.2 Å². The van der Waals surface area contributed by atoms with Crippen LogP contribution in [0.2, 0.25) is 0 Å². The van der Waals surface area contributed by atoms with E-state index in [1.807, 2.05) is 13.8 Å². The number of aryl methyl sites for hydroxylation is 1. The molecule has 3 rings (SSSR count). The van der Waals surface area contributed by atoms with Crippen molar-refractivity contribution < 1.29 is 14.0 Å². The molecule has 24 heavy (non-hydrogen) atoms. The van der Waals surface area contributed by atoms with E-state index in [1.54, 1.807) is 11.0 Å². The van der Waals surface area contributed by atoms with Crippen molar-refractivity contribution in [1.29, 1.82) is 0 Å². The van der Waals surface area contributed by atoms with Crippen molar-refractivity contribution in [2.45, 2.75) is 39.2 Å². The maximum absolute atomic E-state index is 13.6. The Balaban J connectivity index is 1.85. The lowest BCUT2D eigenvalue weighted by molar-refractivity contribution is -0.136. The van der Waals surface area contributed by atoms with Gasteiger partial charge in [-0.15, -0.1) is 0 Å². The highest BCUT2D eigenvalue weighted by Gasteiger charge is 2.32. The topological polar surface area (TPSA) is 79.2 Å². The Hall–Kier alpha value is -2.37. The molecule has 1 aromatic carbocycles. The molecule has 1 saturated heterocycles. The molecule has 0 bridgehead atoms. The van der Waals surface area contributed by atoms with Crippen molar-refractivity contribution in [2.24, 2.45) is 11.7 Å². The minimum Gasteiger partial charge on any atom is -0.369 e. The first-order valence-electron chi connectivity index (χ1n) is 8.22. The number of rotatable bonds is 3. The zero-order chi connectivity index (χ0) is 17.4. The van der Waals surface area contributed by atoms with Crippen molar-refractivity contribution >= 4 is 22.7 Å². The molecule has 1 aliphatic rings. The fraction of sp³-hybridized carbons (Fsp3) is 0.444. The third kappa shape index (κ3) is 3.00. The summed E-state index contributed by atoms with van der Waals surface area (Å²) in [4.78, 5) is 29.2. The van der Waals surface area contributed by atoms with Gasteiger partial charge in [0.25, 0.3) is 0 Å². The first-order chi connectivity index (χ1) is 11.4. The quantitative estimate of drug-likeness (QED) is 0.905. The molecule has 0 radical (unpaired) electrons. The van der Waals surface area contributed by atoms with Gasteiger partial charge in [-0.25, -0.2) is 4.39 Å². The number of carbonyl (C=O) groups excluding carboxylic acids is 2.